The Bertz CT molecular complexity index is 920. The maximum Gasteiger partial charge on any atom is 0.184 e. The zero-order valence-electron chi connectivity index (χ0n) is 13.3. The van der Waals surface area contributed by atoms with Gasteiger partial charge in [-0.15, -0.1) is 0 Å². The first-order valence-corrected chi connectivity index (χ1v) is 8.82. The van der Waals surface area contributed by atoms with Crippen LogP contribution in [-0.2, 0) is 0 Å². The number of benzene rings is 3. The van der Waals surface area contributed by atoms with Crippen molar-refractivity contribution in [1.29, 1.82) is 0 Å². The monoisotopic (exact) mass is 413 g/mol. The molecule has 0 spiro atoms. The lowest BCUT2D eigenvalue weighted by atomic mass is 10.0. The van der Waals surface area contributed by atoms with Crippen LogP contribution in [0.1, 0.15) is 5.56 Å². The molecule has 6 heteroatoms. The minimum Gasteiger partial charge on any atom is -0.487 e. The van der Waals surface area contributed by atoms with E-state index in [1.807, 2.05) is 48.5 Å². The molecule has 3 rings (SSSR count). The van der Waals surface area contributed by atoms with E-state index in [0.29, 0.717) is 5.71 Å². The predicted octanol–water partition coefficient (Wildman–Crippen LogP) is 4.22. The van der Waals surface area contributed by atoms with Gasteiger partial charge in [0.2, 0.25) is 0 Å². The molecule has 4 nitrogen and oxygen atoms in total. The first kappa shape index (κ1) is 17.4. The molecule has 0 aliphatic carbocycles. The first-order chi connectivity index (χ1) is 12.1. The second-order valence-electron chi connectivity index (χ2n) is 5.30. The Labute approximate surface area is 159 Å². The van der Waals surface area contributed by atoms with Crippen molar-refractivity contribution >= 4 is 49.7 Å². The van der Waals surface area contributed by atoms with Gasteiger partial charge < -0.3 is 10.5 Å². The quantitative estimate of drug-likeness (QED) is 0.373. The fourth-order valence-electron chi connectivity index (χ4n) is 2.45. The smallest absolute Gasteiger partial charge is 0.184 e. The lowest BCUT2D eigenvalue weighted by molar-refractivity contribution is 0.376. The molecule has 0 heterocycles. The Morgan fingerprint density at radius 1 is 1.04 bits per heavy atom. The molecular weight excluding hydrogens is 398 g/mol. The Kier molecular flexibility index (Phi) is 5.63. The van der Waals surface area contributed by atoms with E-state index in [4.69, 9.17) is 22.7 Å². The number of nitrogens with one attached hydrogen (secondary N) is 1. The minimum absolute atomic E-state index is 0.112. The van der Waals surface area contributed by atoms with Crippen molar-refractivity contribution in [3.63, 3.8) is 0 Å². The molecule has 3 aromatic rings. The summed E-state index contributed by atoms with van der Waals surface area (Å²) in [6.07, 6.45) is 0. The molecule has 0 saturated heterocycles. The summed E-state index contributed by atoms with van der Waals surface area (Å²) in [7, 11) is 0. The van der Waals surface area contributed by atoms with Crippen LogP contribution in [0.25, 0.3) is 10.8 Å². The summed E-state index contributed by atoms with van der Waals surface area (Å²) in [6, 6.07) is 21.8. The summed E-state index contributed by atoms with van der Waals surface area (Å²) in [5.41, 5.74) is 9.87. The zero-order chi connectivity index (χ0) is 17.6. The van der Waals surface area contributed by atoms with Gasteiger partial charge in [-0.25, -0.2) is 0 Å². The Morgan fingerprint density at radius 2 is 1.76 bits per heavy atom. The van der Waals surface area contributed by atoms with Crippen molar-refractivity contribution in [3.05, 3.63) is 76.8 Å². The fraction of sp³-hybridized carbons (Fsp3) is 0.0526. The van der Waals surface area contributed by atoms with Crippen LogP contribution in [0.3, 0.4) is 0 Å². The molecule has 25 heavy (non-hydrogen) atoms. The molecule has 0 bridgehead atoms. The summed E-state index contributed by atoms with van der Waals surface area (Å²) in [5, 5.41) is 6.68. The number of thiocarbonyl (C=S) groups is 1. The second-order valence-corrected chi connectivity index (χ2v) is 6.66. The number of ether oxygens (including phenoxy) is 1. The minimum atomic E-state index is 0.112. The molecule has 3 aromatic carbocycles. The summed E-state index contributed by atoms with van der Waals surface area (Å²) < 4.78 is 6.88. The third-order valence-electron chi connectivity index (χ3n) is 3.59. The topological polar surface area (TPSA) is 59.6 Å². The highest BCUT2D eigenvalue weighted by Gasteiger charge is 2.10. The molecule has 0 aromatic heterocycles. The SMILES string of the molecule is NC(=S)N/N=C(/COc1ccc(Br)cc1)c1cccc2ccccc12. The van der Waals surface area contributed by atoms with E-state index in [9.17, 15) is 0 Å². The number of rotatable bonds is 5. The molecule has 0 aliphatic heterocycles. The maximum absolute atomic E-state index is 5.88. The van der Waals surface area contributed by atoms with Gasteiger partial charge in [0, 0.05) is 10.0 Å². The van der Waals surface area contributed by atoms with E-state index in [1.54, 1.807) is 0 Å². The maximum atomic E-state index is 5.88. The van der Waals surface area contributed by atoms with Gasteiger partial charge in [-0.05, 0) is 47.3 Å². The van der Waals surface area contributed by atoms with Crippen LogP contribution in [0, 0.1) is 0 Å². The van der Waals surface area contributed by atoms with Crippen LogP contribution >= 0.6 is 28.1 Å². The number of hydrogen-bond donors (Lipinski definition) is 2. The average Bonchev–Trinajstić information content (AvgIpc) is 2.63. The van der Waals surface area contributed by atoms with Crippen LogP contribution in [0.5, 0.6) is 5.75 Å². The highest BCUT2D eigenvalue weighted by Crippen LogP contribution is 2.21. The van der Waals surface area contributed by atoms with Crippen LogP contribution in [-0.4, -0.2) is 17.4 Å². The lowest BCUT2D eigenvalue weighted by Gasteiger charge is -2.12. The molecule has 3 N–H and O–H groups in total. The fourth-order valence-corrected chi connectivity index (χ4v) is 2.76. The molecule has 126 valence electrons. The van der Waals surface area contributed by atoms with Gasteiger partial charge >= 0.3 is 0 Å². The predicted molar refractivity (Wildman–Crippen MR) is 110 cm³/mol. The molecule has 0 saturated carbocycles. The van der Waals surface area contributed by atoms with E-state index >= 15 is 0 Å². The third-order valence-corrected chi connectivity index (χ3v) is 4.21. The average molecular weight is 414 g/mol. The van der Waals surface area contributed by atoms with E-state index in [0.717, 1.165) is 26.6 Å². The van der Waals surface area contributed by atoms with Crippen molar-refractivity contribution in [1.82, 2.24) is 5.43 Å². The molecule has 0 unspecified atom stereocenters. The highest BCUT2D eigenvalue weighted by atomic mass is 79.9. The van der Waals surface area contributed by atoms with E-state index in [-0.39, 0.29) is 11.7 Å². The Morgan fingerprint density at radius 3 is 2.52 bits per heavy atom. The number of nitrogens with zero attached hydrogens (tertiary/aromatic N) is 1. The molecule has 0 amide bonds. The van der Waals surface area contributed by atoms with Gasteiger partial charge in [-0.3, -0.25) is 5.43 Å². The normalized spacial score (nSPS) is 11.3. The molecular formula is C19H16BrN3OS. The molecule has 0 radical (unpaired) electrons. The Balaban J connectivity index is 1.92. The molecule has 0 fully saturated rings. The van der Waals surface area contributed by atoms with Gasteiger partial charge in [0.15, 0.2) is 5.11 Å². The number of hydrazone groups is 1. The van der Waals surface area contributed by atoms with Crippen LogP contribution in [0.2, 0.25) is 0 Å². The number of hydrogen-bond acceptors (Lipinski definition) is 3. The summed E-state index contributed by atoms with van der Waals surface area (Å²) in [4.78, 5) is 0. The number of halogens is 1. The Hall–Kier alpha value is -2.44. The number of fused-ring (bicyclic) bond motifs is 1. The number of nitrogens with two attached hydrogens (primary N) is 1. The van der Waals surface area contributed by atoms with Gasteiger partial charge in [-0.1, -0.05) is 58.4 Å². The standard InChI is InChI=1S/C19H16BrN3OS/c20-14-8-10-15(11-9-14)24-12-18(22-23-19(21)25)17-7-3-5-13-4-1-2-6-16(13)17/h1-11H,12H2,(H3,21,23,25)/b22-18-. The first-order valence-electron chi connectivity index (χ1n) is 7.62. The van der Waals surface area contributed by atoms with Crippen molar-refractivity contribution in [2.45, 2.75) is 0 Å². The molecule has 0 atom stereocenters. The third kappa shape index (κ3) is 4.55. The van der Waals surface area contributed by atoms with Crippen molar-refractivity contribution < 1.29 is 4.74 Å². The highest BCUT2D eigenvalue weighted by molar-refractivity contribution is 9.10. The van der Waals surface area contributed by atoms with Gasteiger partial charge in [0.25, 0.3) is 0 Å². The lowest BCUT2D eigenvalue weighted by Crippen LogP contribution is -2.27. The summed E-state index contributed by atoms with van der Waals surface area (Å²) >= 11 is 8.28. The van der Waals surface area contributed by atoms with Gasteiger partial charge in [0.1, 0.15) is 18.1 Å². The summed E-state index contributed by atoms with van der Waals surface area (Å²) in [6.45, 7) is 0.283. The summed E-state index contributed by atoms with van der Waals surface area (Å²) in [5.74, 6) is 0.756. The van der Waals surface area contributed by atoms with E-state index in [2.05, 4.69) is 44.7 Å². The van der Waals surface area contributed by atoms with Crippen LogP contribution < -0.4 is 15.9 Å². The second kappa shape index (κ2) is 8.09. The van der Waals surface area contributed by atoms with Crippen molar-refractivity contribution in [2.24, 2.45) is 10.8 Å². The largest absolute Gasteiger partial charge is 0.487 e. The van der Waals surface area contributed by atoms with Gasteiger partial charge in [0.05, 0.1) is 0 Å². The van der Waals surface area contributed by atoms with Crippen LogP contribution in [0.4, 0.5) is 0 Å². The zero-order valence-corrected chi connectivity index (χ0v) is 15.7. The molecule has 0 aliphatic rings. The van der Waals surface area contributed by atoms with Crippen molar-refractivity contribution in [2.75, 3.05) is 6.61 Å². The van der Waals surface area contributed by atoms with E-state index < -0.39 is 0 Å². The van der Waals surface area contributed by atoms with Crippen molar-refractivity contribution in [3.8, 4) is 5.75 Å². The van der Waals surface area contributed by atoms with Crippen LogP contribution in [0.15, 0.2) is 76.3 Å². The van der Waals surface area contributed by atoms with E-state index in [1.165, 1.54) is 0 Å². The van der Waals surface area contributed by atoms with Gasteiger partial charge in [-0.2, -0.15) is 5.10 Å².